The molecule has 0 heterocycles. The molecule has 3 unspecified atom stereocenters. The van der Waals surface area contributed by atoms with Crippen LogP contribution in [0.1, 0.15) is 13.8 Å². The van der Waals surface area contributed by atoms with Crippen molar-refractivity contribution in [1.82, 2.24) is 0 Å². The molecule has 6 heteroatoms. The summed E-state index contributed by atoms with van der Waals surface area (Å²) in [6.07, 6.45) is -0.895. The predicted octanol–water partition coefficient (Wildman–Crippen LogP) is -0.818. The Morgan fingerprint density at radius 1 is 1.59 bits per heavy atom. The van der Waals surface area contributed by atoms with E-state index < -0.39 is 29.9 Å². The normalized spacial score (nSPS) is 32.8. The molecule has 0 saturated heterocycles. The summed E-state index contributed by atoms with van der Waals surface area (Å²) in [5, 5.41) is 29.0. The average molecular weight is 246 g/mol. The number of carbonyl (C=O) groups excluding carboxylic acids is 1. The maximum Gasteiger partial charge on any atom is 0.302 e. The minimum absolute atomic E-state index is 0.350. The molecule has 0 amide bonds. The van der Waals surface area contributed by atoms with Crippen molar-refractivity contribution in [2.24, 2.45) is 5.92 Å². The van der Waals surface area contributed by atoms with Crippen LogP contribution >= 0.6 is 0 Å². The number of aliphatic hydroxyl groups excluding tert-OH is 1. The monoisotopic (exact) mass is 246 g/mol. The van der Waals surface area contributed by atoms with Crippen molar-refractivity contribution >= 4 is 5.97 Å². The topological polar surface area (TPSA) is 96.2 Å². The minimum atomic E-state index is -1.74. The number of methoxy groups -OCH3 is 1. The van der Waals surface area contributed by atoms with Gasteiger partial charge in [0.15, 0.2) is 6.29 Å². The van der Waals surface area contributed by atoms with Crippen LogP contribution in [-0.4, -0.2) is 53.0 Å². The van der Waals surface area contributed by atoms with Crippen LogP contribution in [0.2, 0.25) is 0 Å². The summed E-state index contributed by atoms with van der Waals surface area (Å²) in [5.74, 6) is -1.49. The Morgan fingerprint density at radius 2 is 2.18 bits per heavy atom. The summed E-state index contributed by atoms with van der Waals surface area (Å²) >= 11 is 0. The highest BCUT2D eigenvalue weighted by molar-refractivity contribution is 5.66. The summed E-state index contributed by atoms with van der Waals surface area (Å²) < 4.78 is 9.84. The van der Waals surface area contributed by atoms with Gasteiger partial charge in [-0.15, -0.1) is 0 Å². The maximum absolute atomic E-state index is 10.8. The first-order valence-corrected chi connectivity index (χ1v) is 5.26. The Hall–Kier alpha value is -0.950. The van der Waals surface area contributed by atoms with Crippen molar-refractivity contribution in [1.29, 1.82) is 0 Å². The zero-order chi connectivity index (χ0) is 13.2. The molecular weight excluding hydrogens is 228 g/mol. The van der Waals surface area contributed by atoms with Gasteiger partial charge in [-0.05, 0) is 6.92 Å². The molecule has 1 rings (SSSR count). The van der Waals surface area contributed by atoms with E-state index in [0.29, 0.717) is 5.57 Å². The average Bonchev–Trinajstić information content (AvgIpc) is 2.47. The molecule has 1 aliphatic carbocycles. The molecule has 0 aromatic heterocycles. The van der Waals surface area contributed by atoms with Gasteiger partial charge >= 0.3 is 5.97 Å². The van der Waals surface area contributed by atoms with Gasteiger partial charge in [0.1, 0.15) is 18.3 Å². The summed E-state index contributed by atoms with van der Waals surface area (Å²) in [7, 11) is 1.39. The number of hydrogen-bond donors (Lipinski definition) is 3. The smallest absolute Gasteiger partial charge is 0.302 e. The molecule has 3 atom stereocenters. The van der Waals surface area contributed by atoms with Crippen molar-refractivity contribution in [3.63, 3.8) is 0 Å². The Kier molecular flexibility index (Phi) is 4.26. The molecule has 0 saturated carbocycles. The highest BCUT2D eigenvalue weighted by Gasteiger charge is 2.52. The lowest BCUT2D eigenvalue weighted by Gasteiger charge is -2.35. The second-order valence-electron chi connectivity index (χ2n) is 4.23. The van der Waals surface area contributed by atoms with Crippen molar-refractivity contribution in [3.05, 3.63) is 11.6 Å². The van der Waals surface area contributed by atoms with Crippen LogP contribution in [0.15, 0.2) is 11.6 Å². The Bertz CT molecular complexity index is 324. The van der Waals surface area contributed by atoms with Crippen LogP contribution in [0.4, 0.5) is 0 Å². The number of aliphatic hydroxyl groups is 3. The summed E-state index contributed by atoms with van der Waals surface area (Å²) in [5.41, 5.74) is -1.07. The van der Waals surface area contributed by atoms with Crippen molar-refractivity contribution < 1.29 is 29.6 Å². The van der Waals surface area contributed by atoms with E-state index in [9.17, 15) is 20.1 Å². The first kappa shape index (κ1) is 14.1. The lowest BCUT2D eigenvalue weighted by Crippen LogP contribution is -2.53. The highest BCUT2D eigenvalue weighted by Crippen LogP contribution is 2.39. The maximum atomic E-state index is 10.8. The molecule has 0 radical (unpaired) electrons. The van der Waals surface area contributed by atoms with Gasteiger partial charge in [-0.3, -0.25) is 4.79 Å². The number of ether oxygens (including phenoxy) is 2. The fraction of sp³-hybridized carbons (Fsp3) is 0.727. The van der Waals surface area contributed by atoms with Crippen molar-refractivity contribution in [2.75, 3.05) is 13.7 Å². The van der Waals surface area contributed by atoms with Gasteiger partial charge in [0, 0.05) is 14.0 Å². The highest BCUT2D eigenvalue weighted by atomic mass is 16.6. The van der Waals surface area contributed by atoms with Crippen LogP contribution in [0, 0.1) is 5.92 Å². The fourth-order valence-corrected chi connectivity index (χ4v) is 2.21. The molecule has 0 bridgehead atoms. The third-order valence-corrected chi connectivity index (χ3v) is 2.99. The zero-order valence-corrected chi connectivity index (χ0v) is 10.1. The Balaban J connectivity index is 2.94. The van der Waals surface area contributed by atoms with Gasteiger partial charge in [0.25, 0.3) is 0 Å². The summed E-state index contributed by atoms with van der Waals surface area (Å²) in [6, 6.07) is 0. The Labute approximate surface area is 99.5 Å². The number of hydrogen-bond acceptors (Lipinski definition) is 6. The molecule has 98 valence electrons. The fourth-order valence-electron chi connectivity index (χ4n) is 2.21. The quantitative estimate of drug-likeness (QED) is 0.341. The number of rotatable bonds is 4. The Morgan fingerprint density at radius 3 is 2.59 bits per heavy atom. The van der Waals surface area contributed by atoms with E-state index in [1.807, 2.05) is 0 Å². The molecule has 0 aromatic carbocycles. The van der Waals surface area contributed by atoms with E-state index in [1.165, 1.54) is 14.0 Å². The van der Waals surface area contributed by atoms with Gasteiger partial charge in [0.05, 0.1) is 5.92 Å². The summed E-state index contributed by atoms with van der Waals surface area (Å²) in [4.78, 5) is 10.8. The molecule has 6 nitrogen and oxygen atoms in total. The molecule has 1 aliphatic rings. The van der Waals surface area contributed by atoms with E-state index in [1.54, 1.807) is 13.0 Å². The van der Waals surface area contributed by atoms with Crippen molar-refractivity contribution in [3.8, 4) is 0 Å². The van der Waals surface area contributed by atoms with E-state index in [4.69, 9.17) is 9.47 Å². The van der Waals surface area contributed by atoms with Crippen molar-refractivity contribution in [2.45, 2.75) is 31.8 Å². The lowest BCUT2D eigenvalue weighted by atomic mass is 9.85. The molecular formula is C11H18O6. The summed E-state index contributed by atoms with van der Waals surface area (Å²) in [6.45, 7) is 2.52. The molecule has 3 N–H and O–H groups in total. The second-order valence-corrected chi connectivity index (χ2v) is 4.23. The van der Waals surface area contributed by atoms with Crippen LogP contribution in [-0.2, 0) is 14.3 Å². The van der Waals surface area contributed by atoms with Crippen LogP contribution in [0.3, 0.4) is 0 Å². The third-order valence-electron chi connectivity index (χ3n) is 2.99. The SMILES string of the molecule is COC1C=C(C)C(C(O)O)C1(O)COC(C)=O. The first-order valence-electron chi connectivity index (χ1n) is 5.26. The largest absolute Gasteiger partial charge is 0.463 e. The molecule has 0 aliphatic heterocycles. The number of esters is 1. The van der Waals surface area contributed by atoms with Crippen LogP contribution < -0.4 is 0 Å². The van der Waals surface area contributed by atoms with Gasteiger partial charge in [0.2, 0.25) is 0 Å². The molecule has 0 spiro atoms. The predicted molar refractivity (Wildman–Crippen MR) is 57.9 cm³/mol. The first-order chi connectivity index (χ1) is 7.82. The second kappa shape index (κ2) is 5.14. The van der Waals surface area contributed by atoms with Gasteiger partial charge in [-0.25, -0.2) is 0 Å². The van der Waals surface area contributed by atoms with Crippen LogP contribution in [0.5, 0.6) is 0 Å². The van der Waals surface area contributed by atoms with E-state index in [2.05, 4.69) is 0 Å². The molecule has 17 heavy (non-hydrogen) atoms. The zero-order valence-electron chi connectivity index (χ0n) is 10.1. The third kappa shape index (κ3) is 2.66. The van der Waals surface area contributed by atoms with E-state index in [-0.39, 0.29) is 6.61 Å². The lowest BCUT2D eigenvalue weighted by molar-refractivity contribution is -0.192. The number of carbonyl (C=O) groups is 1. The van der Waals surface area contributed by atoms with Crippen LogP contribution in [0.25, 0.3) is 0 Å². The standard InChI is InChI=1S/C11H18O6/c1-6-4-8(16-3)11(15,5-17-7(2)12)9(6)10(13)14/h4,8-10,13-15H,5H2,1-3H3. The van der Waals surface area contributed by atoms with Gasteiger partial charge in [-0.1, -0.05) is 11.6 Å². The minimum Gasteiger partial charge on any atom is -0.463 e. The molecule has 0 aromatic rings. The van der Waals surface area contributed by atoms with E-state index >= 15 is 0 Å². The van der Waals surface area contributed by atoms with Gasteiger partial charge < -0.3 is 24.8 Å². The van der Waals surface area contributed by atoms with Gasteiger partial charge in [-0.2, -0.15) is 0 Å². The molecule has 0 fully saturated rings. The van der Waals surface area contributed by atoms with E-state index in [0.717, 1.165) is 0 Å².